The van der Waals surface area contributed by atoms with Gasteiger partial charge in [0.15, 0.2) is 0 Å². The molecule has 0 spiro atoms. The molecule has 3 heterocycles. The van der Waals surface area contributed by atoms with E-state index in [1.165, 1.54) is 32.4 Å². The molecule has 0 radical (unpaired) electrons. The molecule has 4 nitrogen and oxygen atoms in total. The summed E-state index contributed by atoms with van der Waals surface area (Å²) in [6.45, 7) is 6.32. The average molecular weight is 378 g/mol. The van der Waals surface area contributed by atoms with Gasteiger partial charge in [-0.1, -0.05) is 28.4 Å². The lowest BCUT2D eigenvalue weighted by Gasteiger charge is -2.33. The Hall–Kier alpha value is -1.07. The van der Waals surface area contributed by atoms with Crippen molar-refractivity contribution in [3.05, 3.63) is 28.2 Å². The second kappa shape index (κ2) is 6.10. The zero-order valence-electron chi connectivity index (χ0n) is 13.6. The predicted molar refractivity (Wildman–Crippen MR) is 95.7 cm³/mol. The van der Waals surface area contributed by atoms with Crippen LogP contribution in [0.25, 0.3) is 0 Å². The van der Waals surface area contributed by atoms with Gasteiger partial charge in [0.25, 0.3) is 0 Å². The zero-order valence-corrected chi connectivity index (χ0v) is 15.2. The summed E-state index contributed by atoms with van der Waals surface area (Å²) < 4.78 is 0.995. The quantitative estimate of drug-likeness (QED) is 0.809. The van der Waals surface area contributed by atoms with Gasteiger partial charge in [0.1, 0.15) is 0 Å². The minimum atomic E-state index is 0.0583. The van der Waals surface area contributed by atoms with Crippen LogP contribution >= 0.6 is 15.9 Å². The van der Waals surface area contributed by atoms with Crippen molar-refractivity contribution in [3.8, 4) is 0 Å². The van der Waals surface area contributed by atoms with Gasteiger partial charge in [0, 0.05) is 35.8 Å². The number of urea groups is 1. The summed E-state index contributed by atoms with van der Waals surface area (Å²) in [5, 5.41) is 3.10. The summed E-state index contributed by atoms with van der Waals surface area (Å²) >= 11 is 3.48. The Bertz CT molecular complexity index is 620. The maximum absolute atomic E-state index is 12.7. The lowest BCUT2D eigenvalue weighted by molar-refractivity contribution is 0.157. The first kappa shape index (κ1) is 15.5. The van der Waals surface area contributed by atoms with E-state index < -0.39 is 0 Å². The lowest BCUT2D eigenvalue weighted by Crippen LogP contribution is -2.41. The van der Waals surface area contributed by atoms with E-state index in [0.29, 0.717) is 11.8 Å². The summed E-state index contributed by atoms with van der Waals surface area (Å²) in [5.74, 6) is 1.36. The van der Waals surface area contributed by atoms with Crippen LogP contribution < -0.4 is 5.32 Å². The smallest absolute Gasteiger partial charge is 0.321 e. The molecule has 3 aliphatic rings. The largest absolute Gasteiger partial charge is 0.324 e. The number of hydrogen-bond donors (Lipinski definition) is 1. The van der Waals surface area contributed by atoms with Gasteiger partial charge in [0.2, 0.25) is 0 Å². The van der Waals surface area contributed by atoms with Crippen LogP contribution in [-0.2, 0) is 0 Å². The standard InChI is InChI=1S/C18H24BrN3O/c1-12-5-6-14(19)8-16(12)20-18(23)22-10-13-9-21-7-3-2-4-17(21)15(13)11-22/h5-6,8,13,15,17H,2-4,7,9-11H2,1H3,(H,20,23). The van der Waals surface area contributed by atoms with E-state index in [0.717, 1.165) is 34.9 Å². The van der Waals surface area contributed by atoms with Crippen molar-refractivity contribution in [1.29, 1.82) is 0 Å². The van der Waals surface area contributed by atoms with Crippen LogP contribution in [-0.4, -0.2) is 48.1 Å². The predicted octanol–water partition coefficient (Wildman–Crippen LogP) is 3.71. The van der Waals surface area contributed by atoms with Crippen molar-refractivity contribution in [2.45, 2.75) is 32.2 Å². The highest BCUT2D eigenvalue weighted by molar-refractivity contribution is 9.10. The molecule has 0 bridgehead atoms. The number of nitrogens with zero attached hydrogens (tertiary/aromatic N) is 2. The summed E-state index contributed by atoms with van der Waals surface area (Å²) in [6.07, 6.45) is 4.03. The number of nitrogens with one attached hydrogen (secondary N) is 1. The van der Waals surface area contributed by atoms with E-state index in [2.05, 4.69) is 26.1 Å². The van der Waals surface area contributed by atoms with Crippen molar-refractivity contribution in [3.63, 3.8) is 0 Å². The highest BCUT2D eigenvalue weighted by atomic mass is 79.9. The number of amides is 2. The Morgan fingerprint density at radius 2 is 2.13 bits per heavy atom. The minimum absolute atomic E-state index is 0.0583. The molecular formula is C18H24BrN3O. The van der Waals surface area contributed by atoms with Crippen molar-refractivity contribution < 1.29 is 4.79 Å². The fourth-order valence-corrected chi connectivity index (χ4v) is 5.01. The third kappa shape index (κ3) is 2.89. The van der Waals surface area contributed by atoms with Crippen molar-refractivity contribution in [2.24, 2.45) is 11.8 Å². The molecule has 23 heavy (non-hydrogen) atoms. The van der Waals surface area contributed by atoms with Gasteiger partial charge < -0.3 is 10.2 Å². The number of hydrogen-bond acceptors (Lipinski definition) is 2. The minimum Gasteiger partial charge on any atom is -0.324 e. The number of anilines is 1. The number of carbonyl (C=O) groups is 1. The van der Waals surface area contributed by atoms with Crippen LogP contribution in [0, 0.1) is 18.8 Å². The van der Waals surface area contributed by atoms with Crippen molar-refractivity contribution in [1.82, 2.24) is 9.80 Å². The summed E-state index contributed by atoms with van der Waals surface area (Å²) in [6, 6.07) is 6.79. The molecule has 2 amide bonds. The molecule has 3 aliphatic heterocycles. The fourth-order valence-electron chi connectivity index (χ4n) is 4.64. The number of aryl methyl sites for hydroxylation is 1. The molecule has 0 aliphatic carbocycles. The van der Waals surface area contributed by atoms with Crippen molar-refractivity contribution >= 4 is 27.6 Å². The first-order chi connectivity index (χ1) is 11.1. The molecule has 0 aromatic heterocycles. The molecule has 3 atom stereocenters. The van der Waals surface area contributed by atoms with Crippen LogP contribution in [0.4, 0.5) is 10.5 Å². The monoisotopic (exact) mass is 377 g/mol. The second-order valence-corrected chi connectivity index (χ2v) is 8.19. The van der Waals surface area contributed by atoms with Gasteiger partial charge in [-0.05, 0) is 55.8 Å². The van der Waals surface area contributed by atoms with Crippen LogP contribution in [0.3, 0.4) is 0 Å². The highest BCUT2D eigenvalue weighted by Crippen LogP contribution is 2.40. The van der Waals surface area contributed by atoms with Gasteiger partial charge >= 0.3 is 6.03 Å². The first-order valence-electron chi connectivity index (χ1n) is 8.68. The molecule has 1 N–H and O–H groups in total. The normalized spacial score (nSPS) is 30.2. The molecular weight excluding hydrogens is 354 g/mol. The summed E-state index contributed by atoms with van der Waals surface area (Å²) in [5.41, 5.74) is 2.00. The molecule has 0 saturated carbocycles. The number of rotatable bonds is 1. The van der Waals surface area contributed by atoms with Crippen molar-refractivity contribution in [2.75, 3.05) is 31.5 Å². The van der Waals surface area contributed by atoms with E-state index in [1.807, 2.05) is 30.0 Å². The number of fused-ring (bicyclic) bond motifs is 3. The van der Waals surface area contributed by atoms with E-state index >= 15 is 0 Å². The Morgan fingerprint density at radius 1 is 1.26 bits per heavy atom. The van der Waals surface area contributed by atoms with E-state index in [4.69, 9.17) is 0 Å². The Labute approximate surface area is 146 Å². The zero-order chi connectivity index (χ0) is 16.0. The molecule has 5 heteroatoms. The fraction of sp³-hybridized carbons (Fsp3) is 0.611. The van der Waals surface area contributed by atoms with Crippen LogP contribution in [0.1, 0.15) is 24.8 Å². The molecule has 3 unspecified atom stereocenters. The Kier molecular flexibility index (Phi) is 4.10. The van der Waals surface area contributed by atoms with E-state index in [-0.39, 0.29) is 6.03 Å². The van der Waals surface area contributed by atoms with Gasteiger partial charge in [-0.2, -0.15) is 0 Å². The van der Waals surface area contributed by atoms with Crippen LogP contribution in [0.2, 0.25) is 0 Å². The summed E-state index contributed by atoms with van der Waals surface area (Å²) in [4.78, 5) is 17.4. The molecule has 3 fully saturated rings. The number of benzene rings is 1. The van der Waals surface area contributed by atoms with Gasteiger partial charge in [-0.15, -0.1) is 0 Å². The highest BCUT2D eigenvalue weighted by Gasteiger charge is 2.48. The molecule has 3 saturated heterocycles. The SMILES string of the molecule is Cc1ccc(Br)cc1NC(=O)N1CC2CN3CCCCC3C2C1. The molecule has 4 rings (SSSR count). The van der Waals surface area contributed by atoms with E-state index in [9.17, 15) is 4.79 Å². The first-order valence-corrected chi connectivity index (χ1v) is 9.47. The van der Waals surface area contributed by atoms with E-state index in [1.54, 1.807) is 0 Å². The summed E-state index contributed by atoms with van der Waals surface area (Å²) in [7, 11) is 0. The average Bonchev–Trinajstić information content (AvgIpc) is 3.08. The molecule has 1 aromatic rings. The number of likely N-dealkylation sites (tertiary alicyclic amines) is 1. The third-order valence-electron chi connectivity index (χ3n) is 5.85. The molecule has 124 valence electrons. The molecule has 1 aromatic carbocycles. The maximum atomic E-state index is 12.7. The van der Waals surface area contributed by atoms with Gasteiger partial charge in [-0.3, -0.25) is 4.90 Å². The number of carbonyl (C=O) groups excluding carboxylic acids is 1. The second-order valence-electron chi connectivity index (χ2n) is 7.28. The Morgan fingerprint density at radius 3 is 3.00 bits per heavy atom. The lowest BCUT2D eigenvalue weighted by atomic mass is 9.90. The number of piperidine rings is 1. The third-order valence-corrected chi connectivity index (χ3v) is 6.34. The van der Waals surface area contributed by atoms with Gasteiger partial charge in [-0.25, -0.2) is 4.79 Å². The maximum Gasteiger partial charge on any atom is 0.321 e. The number of halogens is 1. The topological polar surface area (TPSA) is 35.6 Å². The van der Waals surface area contributed by atoms with Crippen LogP contribution in [0.15, 0.2) is 22.7 Å². The van der Waals surface area contributed by atoms with Crippen LogP contribution in [0.5, 0.6) is 0 Å². The Balaban J connectivity index is 1.42. The van der Waals surface area contributed by atoms with Gasteiger partial charge in [0.05, 0.1) is 0 Å².